The van der Waals surface area contributed by atoms with Crippen LogP contribution in [0.1, 0.15) is 9.88 Å². The van der Waals surface area contributed by atoms with E-state index in [2.05, 4.69) is 4.98 Å². The number of hydrogen-bond donors (Lipinski definition) is 0. The first kappa shape index (κ1) is 7.14. The van der Waals surface area contributed by atoms with Crippen LogP contribution in [0.2, 0.25) is 0 Å². The SMILES string of the molecule is Cc1nc([N+](=O)[O-])c(C)s1. The highest BCUT2D eigenvalue weighted by Crippen LogP contribution is 2.22. The highest BCUT2D eigenvalue weighted by molar-refractivity contribution is 7.11. The first-order valence-electron chi connectivity index (χ1n) is 2.69. The summed E-state index contributed by atoms with van der Waals surface area (Å²) in [6.45, 7) is 3.45. The normalized spacial score (nSPS) is 9.80. The predicted molar refractivity (Wildman–Crippen MR) is 38.2 cm³/mol. The summed E-state index contributed by atoms with van der Waals surface area (Å²) < 4.78 is 0. The van der Waals surface area contributed by atoms with Crippen LogP contribution in [0.25, 0.3) is 0 Å². The summed E-state index contributed by atoms with van der Waals surface area (Å²) in [4.78, 5) is 14.1. The standard InChI is InChI=1S/C5H6N2O2S/c1-3-5(7(8)9)6-4(2)10-3/h1-2H3. The van der Waals surface area contributed by atoms with Gasteiger partial charge in [-0.05, 0) is 16.8 Å². The Hall–Kier alpha value is -0.970. The van der Waals surface area contributed by atoms with Crippen molar-refractivity contribution in [3.63, 3.8) is 0 Å². The molecule has 0 bridgehead atoms. The van der Waals surface area contributed by atoms with Crippen LogP contribution in [0.15, 0.2) is 0 Å². The van der Waals surface area contributed by atoms with Crippen LogP contribution in [0, 0.1) is 24.0 Å². The van der Waals surface area contributed by atoms with Crippen molar-refractivity contribution in [1.29, 1.82) is 0 Å². The Morgan fingerprint density at radius 3 is 2.40 bits per heavy atom. The molecule has 10 heavy (non-hydrogen) atoms. The van der Waals surface area contributed by atoms with Crippen molar-refractivity contribution in [2.45, 2.75) is 13.8 Å². The number of aryl methyl sites for hydroxylation is 2. The zero-order valence-electron chi connectivity index (χ0n) is 5.62. The molecule has 1 aromatic heterocycles. The molecular formula is C5H6N2O2S. The van der Waals surface area contributed by atoms with E-state index in [4.69, 9.17) is 0 Å². The summed E-state index contributed by atoms with van der Waals surface area (Å²) >= 11 is 1.34. The largest absolute Gasteiger partial charge is 0.377 e. The van der Waals surface area contributed by atoms with Gasteiger partial charge in [0.25, 0.3) is 0 Å². The molecule has 0 atom stereocenters. The van der Waals surface area contributed by atoms with Crippen molar-refractivity contribution in [3.8, 4) is 0 Å². The molecule has 0 N–H and O–H groups in total. The van der Waals surface area contributed by atoms with Crippen molar-refractivity contribution in [2.24, 2.45) is 0 Å². The average molecular weight is 158 g/mol. The molecule has 0 aliphatic carbocycles. The molecule has 1 heterocycles. The van der Waals surface area contributed by atoms with E-state index in [1.54, 1.807) is 13.8 Å². The van der Waals surface area contributed by atoms with E-state index in [0.29, 0.717) is 4.88 Å². The zero-order valence-corrected chi connectivity index (χ0v) is 6.44. The summed E-state index contributed by atoms with van der Waals surface area (Å²) in [5, 5.41) is 10.9. The number of hydrogen-bond acceptors (Lipinski definition) is 4. The molecule has 5 heteroatoms. The quantitative estimate of drug-likeness (QED) is 0.461. The zero-order chi connectivity index (χ0) is 7.72. The van der Waals surface area contributed by atoms with E-state index in [1.165, 1.54) is 11.3 Å². The smallest absolute Gasteiger partial charge is 0.358 e. The van der Waals surface area contributed by atoms with Crippen molar-refractivity contribution < 1.29 is 4.92 Å². The molecule has 1 rings (SSSR count). The second-order valence-electron chi connectivity index (χ2n) is 1.87. The highest BCUT2D eigenvalue weighted by Gasteiger charge is 2.15. The summed E-state index contributed by atoms with van der Waals surface area (Å²) in [6, 6.07) is 0. The van der Waals surface area contributed by atoms with Crippen LogP contribution in [0.4, 0.5) is 5.82 Å². The summed E-state index contributed by atoms with van der Waals surface area (Å²) in [5.41, 5.74) is 0. The molecule has 0 fully saturated rings. The Morgan fingerprint density at radius 2 is 2.20 bits per heavy atom. The molecule has 0 aliphatic heterocycles. The van der Waals surface area contributed by atoms with Gasteiger partial charge in [0.15, 0.2) is 0 Å². The van der Waals surface area contributed by atoms with Gasteiger partial charge in [-0.15, -0.1) is 0 Å². The van der Waals surface area contributed by atoms with Crippen molar-refractivity contribution >= 4 is 17.2 Å². The lowest BCUT2D eigenvalue weighted by atomic mass is 10.6. The minimum absolute atomic E-state index is 0.0116. The van der Waals surface area contributed by atoms with E-state index in [1.807, 2.05) is 0 Å². The number of nitro groups is 1. The Kier molecular flexibility index (Phi) is 1.67. The van der Waals surface area contributed by atoms with Gasteiger partial charge in [0, 0.05) is 6.92 Å². The number of thiazole rings is 1. The number of rotatable bonds is 1. The molecule has 0 saturated carbocycles. The van der Waals surface area contributed by atoms with E-state index in [0.717, 1.165) is 5.01 Å². The van der Waals surface area contributed by atoms with Crippen molar-refractivity contribution in [2.75, 3.05) is 0 Å². The predicted octanol–water partition coefficient (Wildman–Crippen LogP) is 1.67. The molecule has 0 spiro atoms. The van der Waals surface area contributed by atoms with Gasteiger partial charge < -0.3 is 10.1 Å². The van der Waals surface area contributed by atoms with E-state index < -0.39 is 4.92 Å². The van der Waals surface area contributed by atoms with Gasteiger partial charge in [-0.2, -0.15) is 0 Å². The Morgan fingerprint density at radius 1 is 1.60 bits per heavy atom. The maximum absolute atomic E-state index is 10.2. The van der Waals surface area contributed by atoms with Crippen molar-refractivity contribution in [1.82, 2.24) is 4.98 Å². The molecular weight excluding hydrogens is 152 g/mol. The Labute approximate surface area is 61.7 Å². The fourth-order valence-corrected chi connectivity index (χ4v) is 1.47. The fourth-order valence-electron chi connectivity index (χ4n) is 0.687. The monoisotopic (exact) mass is 158 g/mol. The van der Waals surface area contributed by atoms with Gasteiger partial charge in [0.1, 0.15) is 4.88 Å². The lowest BCUT2D eigenvalue weighted by molar-refractivity contribution is -0.389. The molecule has 1 aromatic rings. The van der Waals surface area contributed by atoms with Crippen LogP contribution in [-0.4, -0.2) is 9.91 Å². The molecule has 54 valence electrons. The third-order valence-corrected chi connectivity index (χ3v) is 1.93. The Bertz CT molecular complexity index is 269. The van der Waals surface area contributed by atoms with Crippen LogP contribution in [0.3, 0.4) is 0 Å². The van der Waals surface area contributed by atoms with E-state index >= 15 is 0 Å². The minimum Gasteiger partial charge on any atom is -0.358 e. The molecule has 0 radical (unpaired) electrons. The van der Waals surface area contributed by atoms with Crippen LogP contribution >= 0.6 is 11.3 Å². The first-order valence-corrected chi connectivity index (χ1v) is 3.51. The highest BCUT2D eigenvalue weighted by atomic mass is 32.1. The van der Waals surface area contributed by atoms with E-state index in [9.17, 15) is 10.1 Å². The maximum Gasteiger partial charge on any atom is 0.377 e. The average Bonchev–Trinajstić information content (AvgIpc) is 2.10. The van der Waals surface area contributed by atoms with Gasteiger partial charge in [-0.1, -0.05) is 11.3 Å². The lowest BCUT2D eigenvalue weighted by Crippen LogP contribution is -1.89. The minimum atomic E-state index is -0.459. The molecule has 0 aliphatic rings. The lowest BCUT2D eigenvalue weighted by Gasteiger charge is -1.85. The molecule has 0 unspecified atom stereocenters. The molecule has 0 aromatic carbocycles. The third-order valence-electron chi connectivity index (χ3n) is 1.05. The van der Waals surface area contributed by atoms with Crippen LogP contribution < -0.4 is 0 Å². The van der Waals surface area contributed by atoms with Gasteiger partial charge in [0.2, 0.25) is 5.01 Å². The molecule has 4 nitrogen and oxygen atoms in total. The molecule has 0 amide bonds. The van der Waals surface area contributed by atoms with Gasteiger partial charge in [0.05, 0.1) is 0 Å². The van der Waals surface area contributed by atoms with Gasteiger partial charge >= 0.3 is 5.82 Å². The second-order valence-corrected chi connectivity index (χ2v) is 3.28. The third kappa shape index (κ3) is 1.13. The second kappa shape index (κ2) is 2.34. The maximum atomic E-state index is 10.2. The topological polar surface area (TPSA) is 56.0 Å². The summed E-state index contributed by atoms with van der Waals surface area (Å²) in [6.07, 6.45) is 0. The number of nitrogens with zero attached hydrogens (tertiary/aromatic N) is 2. The summed E-state index contributed by atoms with van der Waals surface area (Å²) in [7, 11) is 0. The fraction of sp³-hybridized carbons (Fsp3) is 0.400. The van der Waals surface area contributed by atoms with Crippen LogP contribution in [-0.2, 0) is 0 Å². The molecule has 0 saturated heterocycles. The van der Waals surface area contributed by atoms with Gasteiger partial charge in [-0.3, -0.25) is 0 Å². The summed E-state index contributed by atoms with van der Waals surface area (Å²) in [5.74, 6) is -0.0116. The Balaban J connectivity index is 3.15. The van der Waals surface area contributed by atoms with Crippen molar-refractivity contribution in [3.05, 3.63) is 20.0 Å². The first-order chi connectivity index (χ1) is 4.61. The van der Waals surface area contributed by atoms with Gasteiger partial charge in [-0.25, -0.2) is 0 Å². The van der Waals surface area contributed by atoms with E-state index in [-0.39, 0.29) is 5.82 Å². The number of aromatic nitrogens is 1. The van der Waals surface area contributed by atoms with Crippen LogP contribution in [0.5, 0.6) is 0 Å².